The van der Waals surface area contributed by atoms with Gasteiger partial charge >= 0.3 is 0 Å². The summed E-state index contributed by atoms with van der Waals surface area (Å²) in [7, 11) is 0. The van der Waals surface area contributed by atoms with E-state index in [1.54, 1.807) is 30.5 Å². The van der Waals surface area contributed by atoms with E-state index in [1.807, 2.05) is 6.07 Å². The average Bonchev–Trinajstić information content (AvgIpc) is 3.10. The Kier molecular flexibility index (Phi) is 5.57. The number of aromatic nitrogens is 1. The number of hydrogen-bond donors (Lipinski definition) is 1. The summed E-state index contributed by atoms with van der Waals surface area (Å²) in [5.41, 5.74) is 2.18. The number of anilines is 1. The molecule has 132 valence electrons. The number of nitrogens with zero attached hydrogens (tertiary/aromatic N) is 3. The van der Waals surface area contributed by atoms with E-state index in [2.05, 4.69) is 20.3 Å². The Morgan fingerprint density at radius 3 is 2.60 bits per heavy atom. The van der Waals surface area contributed by atoms with Gasteiger partial charge in [0.2, 0.25) is 5.91 Å². The van der Waals surface area contributed by atoms with Gasteiger partial charge in [-0.3, -0.25) is 19.4 Å². The molecule has 1 aliphatic heterocycles. The summed E-state index contributed by atoms with van der Waals surface area (Å²) in [5, 5.41) is 6.79. The second-order valence-corrected chi connectivity index (χ2v) is 6.23. The van der Waals surface area contributed by atoms with E-state index < -0.39 is 0 Å². The number of carbonyl (C=O) groups excluding carboxylic acids is 2. The van der Waals surface area contributed by atoms with Gasteiger partial charge in [-0.05, 0) is 19.1 Å². The van der Waals surface area contributed by atoms with Crippen molar-refractivity contribution in [3.8, 4) is 0 Å². The molecule has 0 aliphatic carbocycles. The van der Waals surface area contributed by atoms with Crippen LogP contribution in [0.3, 0.4) is 0 Å². The molecule has 0 atom stereocenters. The molecule has 2 aromatic rings. The number of rotatable bonds is 6. The van der Waals surface area contributed by atoms with Crippen molar-refractivity contribution in [2.24, 2.45) is 0 Å². The monoisotopic (exact) mass is 342 g/mol. The van der Waals surface area contributed by atoms with Gasteiger partial charge in [-0.15, -0.1) is 0 Å². The van der Waals surface area contributed by atoms with Gasteiger partial charge in [-0.2, -0.15) is 0 Å². The molecule has 1 N–H and O–H groups in total. The summed E-state index contributed by atoms with van der Waals surface area (Å²) in [6.45, 7) is 6.08. The van der Waals surface area contributed by atoms with Gasteiger partial charge in [0.05, 0.1) is 12.2 Å². The summed E-state index contributed by atoms with van der Waals surface area (Å²) in [4.78, 5) is 28.1. The van der Waals surface area contributed by atoms with Crippen molar-refractivity contribution in [1.82, 2.24) is 15.0 Å². The Bertz CT molecular complexity index is 722. The van der Waals surface area contributed by atoms with Crippen LogP contribution in [0.4, 0.5) is 5.69 Å². The van der Waals surface area contributed by atoms with Crippen LogP contribution in [-0.2, 0) is 11.3 Å². The predicted molar refractivity (Wildman–Crippen MR) is 93.3 cm³/mol. The second kappa shape index (κ2) is 8.04. The molecule has 2 heterocycles. The average molecular weight is 342 g/mol. The molecule has 1 aromatic heterocycles. The van der Waals surface area contributed by atoms with Crippen LogP contribution >= 0.6 is 0 Å². The highest BCUT2D eigenvalue weighted by Gasteiger charge is 2.19. The van der Waals surface area contributed by atoms with Gasteiger partial charge in [0.25, 0.3) is 0 Å². The third-order valence-corrected chi connectivity index (χ3v) is 4.26. The van der Waals surface area contributed by atoms with E-state index in [-0.39, 0.29) is 11.7 Å². The molecule has 3 rings (SSSR count). The zero-order valence-electron chi connectivity index (χ0n) is 14.3. The zero-order chi connectivity index (χ0) is 17.6. The van der Waals surface area contributed by atoms with Gasteiger partial charge in [0, 0.05) is 50.0 Å². The molecule has 1 saturated heterocycles. The normalized spacial score (nSPS) is 15.9. The van der Waals surface area contributed by atoms with E-state index in [4.69, 9.17) is 4.52 Å². The van der Waals surface area contributed by atoms with Crippen molar-refractivity contribution in [3.63, 3.8) is 0 Å². The molecule has 1 amide bonds. The van der Waals surface area contributed by atoms with Crippen molar-refractivity contribution in [2.45, 2.75) is 13.5 Å². The topological polar surface area (TPSA) is 78.7 Å². The molecule has 0 spiro atoms. The number of carbonyl (C=O) groups is 2. The van der Waals surface area contributed by atoms with Crippen LogP contribution < -0.4 is 5.32 Å². The molecular weight excluding hydrogens is 320 g/mol. The van der Waals surface area contributed by atoms with Gasteiger partial charge < -0.3 is 9.84 Å². The Balaban J connectivity index is 1.44. The van der Waals surface area contributed by atoms with Crippen molar-refractivity contribution in [1.29, 1.82) is 0 Å². The number of ketones is 1. The number of hydrogen-bond acceptors (Lipinski definition) is 6. The van der Waals surface area contributed by atoms with Crippen molar-refractivity contribution < 1.29 is 14.1 Å². The number of benzene rings is 1. The Morgan fingerprint density at radius 1 is 1.16 bits per heavy atom. The Hall–Kier alpha value is -2.51. The van der Waals surface area contributed by atoms with E-state index in [9.17, 15) is 9.59 Å². The first-order valence-corrected chi connectivity index (χ1v) is 8.35. The molecule has 1 fully saturated rings. The fraction of sp³-hybridized carbons (Fsp3) is 0.389. The van der Waals surface area contributed by atoms with Gasteiger partial charge in [0.1, 0.15) is 6.26 Å². The number of piperazine rings is 1. The molecule has 0 radical (unpaired) electrons. The van der Waals surface area contributed by atoms with Crippen LogP contribution in [0.15, 0.2) is 41.1 Å². The summed E-state index contributed by atoms with van der Waals surface area (Å²) >= 11 is 0. The summed E-state index contributed by atoms with van der Waals surface area (Å²) in [6.07, 6.45) is 1.58. The largest absolute Gasteiger partial charge is 0.364 e. The molecular formula is C18H22N4O3. The van der Waals surface area contributed by atoms with Crippen LogP contribution in [0.2, 0.25) is 0 Å². The Morgan fingerprint density at radius 2 is 1.92 bits per heavy atom. The van der Waals surface area contributed by atoms with Gasteiger partial charge in [0.15, 0.2) is 5.78 Å². The minimum absolute atomic E-state index is 0.0145. The molecule has 0 unspecified atom stereocenters. The minimum Gasteiger partial charge on any atom is -0.364 e. The first-order chi connectivity index (χ1) is 12.1. The maximum absolute atomic E-state index is 12.2. The first kappa shape index (κ1) is 17.3. The summed E-state index contributed by atoms with van der Waals surface area (Å²) in [6, 6.07) is 8.88. The molecule has 25 heavy (non-hydrogen) atoms. The van der Waals surface area contributed by atoms with Crippen molar-refractivity contribution in [2.75, 3.05) is 38.0 Å². The third-order valence-electron chi connectivity index (χ3n) is 4.26. The predicted octanol–water partition coefficient (Wildman–Crippen LogP) is 1.63. The lowest BCUT2D eigenvalue weighted by atomic mass is 10.1. The van der Waals surface area contributed by atoms with Crippen LogP contribution in [0, 0.1) is 0 Å². The molecule has 0 bridgehead atoms. The molecule has 1 aliphatic rings. The first-order valence-electron chi connectivity index (χ1n) is 8.35. The second-order valence-electron chi connectivity index (χ2n) is 6.23. The summed E-state index contributed by atoms with van der Waals surface area (Å²) in [5.74, 6) is -0.0787. The lowest BCUT2D eigenvalue weighted by Gasteiger charge is -2.33. The molecule has 7 heteroatoms. The smallest absolute Gasteiger partial charge is 0.238 e. The van der Waals surface area contributed by atoms with E-state index in [0.29, 0.717) is 17.8 Å². The molecule has 0 saturated carbocycles. The van der Waals surface area contributed by atoms with E-state index in [0.717, 1.165) is 38.4 Å². The lowest BCUT2D eigenvalue weighted by Crippen LogP contribution is -2.48. The van der Waals surface area contributed by atoms with Crippen LogP contribution in [0.1, 0.15) is 23.0 Å². The maximum atomic E-state index is 12.2. The van der Waals surface area contributed by atoms with Crippen LogP contribution in [-0.4, -0.2) is 59.4 Å². The maximum Gasteiger partial charge on any atom is 0.238 e. The van der Waals surface area contributed by atoms with E-state index in [1.165, 1.54) is 6.92 Å². The number of Topliss-reactive ketones (excluding diaryl/α,β-unsaturated/α-hetero) is 1. The summed E-state index contributed by atoms with van der Waals surface area (Å²) < 4.78 is 4.85. The third kappa shape index (κ3) is 4.98. The van der Waals surface area contributed by atoms with Gasteiger partial charge in [-0.1, -0.05) is 17.3 Å². The lowest BCUT2D eigenvalue weighted by molar-refractivity contribution is -0.117. The minimum atomic E-state index is -0.0642. The Labute approximate surface area is 146 Å². The fourth-order valence-electron chi connectivity index (χ4n) is 2.87. The van der Waals surface area contributed by atoms with Crippen LogP contribution in [0.25, 0.3) is 0 Å². The molecule has 1 aromatic carbocycles. The molecule has 7 nitrogen and oxygen atoms in total. The van der Waals surface area contributed by atoms with Gasteiger partial charge in [-0.25, -0.2) is 0 Å². The zero-order valence-corrected chi connectivity index (χ0v) is 14.3. The van der Waals surface area contributed by atoms with Crippen molar-refractivity contribution >= 4 is 17.4 Å². The van der Waals surface area contributed by atoms with Crippen LogP contribution in [0.5, 0.6) is 0 Å². The fourth-order valence-corrected chi connectivity index (χ4v) is 2.87. The SMILES string of the molecule is CC(=O)c1cccc(NC(=O)CN2CCN(Cc3ccon3)CC2)c1. The quantitative estimate of drug-likeness (QED) is 0.804. The highest BCUT2D eigenvalue weighted by atomic mass is 16.5. The highest BCUT2D eigenvalue weighted by molar-refractivity contribution is 5.97. The standard InChI is InChI=1S/C18H22N4O3/c1-14(23)15-3-2-4-16(11-15)19-18(24)13-22-8-6-21(7-9-22)12-17-5-10-25-20-17/h2-5,10-11H,6-9,12-13H2,1H3,(H,19,24). The van der Waals surface area contributed by atoms with Crippen molar-refractivity contribution in [3.05, 3.63) is 47.9 Å². The number of amides is 1. The number of nitrogens with one attached hydrogen (secondary N) is 1. The highest BCUT2D eigenvalue weighted by Crippen LogP contribution is 2.12. The van der Waals surface area contributed by atoms with E-state index >= 15 is 0 Å².